The van der Waals surface area contributed by atoms with Crippen molar-refractivity contribution in [3.63, 3.8) is 0 Å². The van der Waals surface area contributed by atoms with Gasteiger partial charge in [-0.15, -0.1) is 0 Å². The first kappa shape index (κ1) is 10.6. The molecule has 0 heterocycles. The molecule has 13 heavy (non-hydrogen) atoms. The summed E-state index contributed by atoms with van der Waals surface area (Å²) in [5.41, 5.74) is 1.98. The monoisotopic (exact) mass is 198 g/mol. The summed E-state index contributed by atoms with van der Waals surface area (Å²) in [5, 5.41) is 10.4. The van der Waals surface area contributed by atoms with Crippen molar-refractivity contribution in [2.24, 2.45) is 0 Å². The van der Waals surface area contributed by atoms with Crippen LogP contribution >= 0.6 is 11.6 Å². The second-order valence-corrected chi connectivity index (χ2v) is 3.72. The van der Waals surface area contributed by atoms with Crippen LogP contribution < -0.4 is 0 Å². The maximum Gasteiger partial charge on any atom is 0.0790 e. The van der Waals surface area contributed by atoms with Crippen LogP contribution in [0.15, 0.2) is 18.2 Å². The highest BCUT2D eigenvalue weighted by atomic mass is 35.5. The van der Waals surface area contributed by atoms with E-state index in [9.17, 15) is 5.11 Å². The van der Waals surface area contributed by atoms with Crippen LogP contribution in [-0.2, 0) is 0 Å². The third-order valence-electron chi connectivity index (χ3n) is 2.13. The van der Waals surface area contributed by atoms with Gasteiger partial charge >= 0.3 is 0 Å². The van der Waals surface area contributed by atoms with Gasteiger partial charge in [0.2, 0.25) is 0 Å². The first-order chi connectivity index (χ1) is 6.15. The first-order valence-electron chi connectivity index (χ1n) is 4.59. The summed E-state index contributed by atoms with van der Waals surface area (Å²) in [6.07, 6.45) is 1.45. The normalized spacial score (nSPS) is 12.9. The summed E-state index contributed by atoms with van der Waals surface area (Å²) in [7, 11) is 0. The summed E-state index contributed by atoms with van der Waals surface area (Å²) in [6, 6.07) is 5.67. The van der Waals surface area contributed by atoms with Gasteiger partial charge in [0, 0.05) is 5.02 Å². The van der Waals surface area contributed by atoms with Crippen molar-refractivity contribution >= 4 is 11.6 Å². The van der Waals surface area contributed by atoms with Gasteiger partial charge in [0.05, 0.1) is 6.10 Å². The molecule has 0 aliphatic heterocycles. The van der Waals surface area contributed by atoms with E-state index in [0.717, 1.165) is 29.0 Å². The maximum absolute atomic E-state index is 9.69. The minimum atomic E-state index is -0.346. The predicted octanol–water partition coefficient (Wildman–Crippen LogP) is 3.48. The Kier molecular flexibility index (Phi) is 3.76. The lowest BCUT2D eigenvalue weighted by Crippen LogP contribution is -1.96. The van der Waals surface area contributed by atoms with Crippen molar-refractivity contribution in [2.75, 3.05) is 0 Å². The van der Waals surface area contributed by atoms with Crippen LogP contribution in [0.5, 0.6) is 0 Å². The molecule has 2 heteroatoms. The van der Waals surface area contributed by atoms with E-state index in [0.29, 0.717) is 0 Å². The molecule has 0 bridgehead atoms. The Morgan fingerprint density at radius 3 is 2.69 bits per heavy atom. The smallest absolute Gasteiger partial charge is 0.0790 e. The Morgan fingerprint density at radius 1 is 1.46 bits per heavy atom. The van der Waals surface area contributed by atoms with Gasteiger partial charge < -0.3 is 5.11 Å². The van der Waals surface area contributed by atoms with Crippen LogP contribution in [-0.4, -0.2) is 5.11 Å². The quantitative estimate of drug-likeness (QED) is 0.789. The summed E-state index contributed by atoms with van der Waals surface area (Å²) >= 11 is 5.88. The predicted molar refractivity (Wildman–Crippen MR) is 56.1 cm³/mol. The molecule has 1 rings (SSSR count). The van der Waals surface area contributed by atoms with E-state index < -0.39 is 0 Å². The highest BCUT2D eigenvalue weighted by Crippen LogP contribution is 2.23. The average molecular weight is 199 g/mol. The lowest BCUT2D eigenvalue weighted by molar-refractivity contribution is 0.166. The van der Waals surface area contributed by atoms with Gasteiger partial charge in [-0.25, -0.2) is 0 Å². The third-order valence-corrected chi connectivity index (χ3v) is 2.55. The van der Waals surface area contributed by atoms with Gasteiger partial charge in [0.1, 0.15) is 0 Å². The molecule has 72 valence electrons. The summed E-state index contributed by atoms with van der Waals surface area (Å²) < 4.78 is 0. The Balaban J connectivity index is 2.84. The van der Waals surface area contributed by atoms with E-state index in [4.69, 9.17) is 11.6 Å². The Hall–Kier alpha value is -0.530. The van der Waals surface area contributed by atoms with E-state index in [2.05, 4.69) is 6.92 Å². The van der Waals surface area contributed by atoms with Crippen LogP contribution in [0.3, 0.4) is 0 Å². The zero-order chi connectivity index (χ0) is 9.84. The Labute approximate surface area is 84.4 Å². The number of halogens is 1. The SMILES string of the molecule is CCC[C@H](O)c1ccc(Cl)c(C)c1. The summed E-state index contributed by atoms with van der Waals surface area (Å²) in [4.78, 5) is 0. The van der Waals surface area contributed by atoms with Gasteiger partial charge in [0.25, 0.3) is 0 Å². The fraction of sp³-hybridized carbons (Fsp3) is 0.455. The number of aliphatic hydroxyl groups excluding tert-OH is 1. The number of hydrogen-bond acceptors (Lipinski definition) is 1. The lowest BCUT2D eigenvalue weighted by Gasteiger charge is -2.10. The van der Waals surface area contributed by atoms with Gasteiger partial charge in [0.15, 0.2) is 0 Å². The molecule has 1 nitrogen and oxygen atoms in total. The molecule has 0 fully saturated rings. The van der Waals surface area contributed by atoms with E-state index in [1.54, 1.807) is 0 Å². The molecular formula is C11H15ClO. The highest BCUT2D eigenvalue weighted by molar-refractivity contribution is 6.31. The molecule has 1 N–H and O–H groups in total. The van der Waals surface area contributed by atoms with Gasteiger partial charge in [-0.2, -0.15) is 0 Å². The van der Waals surface area contributed by atoms with Crippen LogP contribution in [0, 0.1) is 6.92 Å². The molecule has 1 aromatic rings. The molecular weight excluding hydrogens is 184 g/mol. The van der Waals surface area contributed by atoms with E-state index in [1.165, 1.54) is 0 Å². The molecule has 0 aromatic heterocycles. The number of hydrogen-bond donors (Lipinski definition) is 1. The molecule has 0 amide bonds. The Morgan fingerprint density at radius 2 is 2.15 bits per heavy atom. The second kappa shape index (κ2) is 4.64. The molecule has 0 aliphatic rings. The number of aliphatic hydroxyl groups is 1. The topological polar surface area (TPSA) is 20.2 Å². The van der Waals surface area contributed by atoms with E-state index in [-0.39, 0.29) is 6.10 Å². The van der Waals surface area contributed by atoms with Crippen molar-refractivity contribution in [3.8, 4) is 0 Å². The summed E-state index contributed by atoms with van der Waals surface area (Å²) in [6.45, 7) is 4.01. The standard InChI is InChI=1S/C11H15ClO/c1-3-4-11(13)9-5-6-10(12)8(2)7-9/h5-7,11,13H,3-4H2,1-2H3/t11-/m0/s1. The van der Waals surface area contributed by atoms with Crippen LogP contribution in [0.2, 0.25) is 5.02 Å². The second-order valence-electron chi connectivity index (χ2n) is 3.31. The van der Waals surface area contributed by atoms with E-state index >= 15 is 0 Å². The van der Waals surface area contributed by atoms with Crippen molar-refractivity contribution in [1.29, 1.82) is 0 Å². The van der Waals surface area contributed by atoms with Crippen molar-refractivity contribution in [3.05, 3.63) is 34.3 Å². The van der Waals surface area contributed by atoms with Gasteiger partial charge in [-0.3, -0.25) is 0 Å². The molecule has 0 unspecified atom stereocenters. The Bertz CT molecular complexity index is 283. The first-order valence-corrected chi connectivity index (χ1v) is 4.97. The number of benzene rings is 1. The van der Waals surface area contributed by atoms with Gasteiger partial charge in [-0.05, 0) is 30.5 Å². The van der Waals surface area contributed by atoms with Crippen molar-refractivity contribution in [1.82, 2.24) is 0 Å². The molecule has 1 aromatic carbocycles. The molecule has 0 saturated heterocycles. The maximum atomic E-state index is 9.69. The van der Waals surface area contributed by atoms with Crippen molar-refractivity contribution in [2.45, 2.75) is 32.8 Å². The zero-order valence-corrected chi connectivity index (χ0v) is 8.80. The molecule has 0 aliphatic carbocycles. The van der Waals surface area contributed by atoms with Crippen LogP contribution in [0.1, 0.15) is 37.0 Å². The number of rotatable bonds is 3. The van der Waals surface area contributed by atoms with Crippen LogP contribution in [0.25, 0.3) is 0 Å². The fourth-order valence-corrected chi connectivity index (χ4v) is 1.43. The zero-order valence-electron chi connectivity index (χ0n) is 8.05. The lowest BCUT2D eigenvalue weighted by atomic mass is 10.0. The van der Waals surface area contributed by atoms with Crippen LogP contribution in [0.4, 0.5) is 0 Å². The molecule has 0 radical (unpaired) electrons. The summed E-state index contributed by atoms with van der Waals surface area (Å²) in [5.74, 6) is 0. The molecule has 1 atom stereocenters. The number of aryl methyl sites for hydroxylation is 1. The minimum absolute atomic E-state index is 0.346. The van der Waals surface area contributed by atoms with Gasteiger partial charge in [-0.1, -0.05) is 37.1 Å². The van der Waals surface area contributed by atoms with E-state index in [1.807, 2.05) is 25.1 Å². The largest absolute Gasteiger partial charge is 0.388 e. The van der Waals surface area contributed by atoms with Crippen molar-refractivity contribution < 1.29 is 5.11 Å². The minimum Gasteiger partial charge on any atom is -0.388 e. The molecule has 0 spiro atoms. The average Bonchev–Trinajstić information content (AvgIpc) is 2.10. The highest BCUT2D eigenvalue weighted by Gasteiger charge is 2.06. The fourth-order valence-electron chi connectivity index (χ4n) is 1.32. The molecule has 0 saturated carbocycles. The third kappa shape index (κ3) is 2.71.